The summed E-state index contributed by atoms with van der Waals surface area (Å²) in [6.07, 6.45) is 1.48. The van der Waals surface area contributed by atoms with Crippen LogP contribution in [0, 0.1) is 21.4 Å². The van der Waals surface area contributed by atoms with Gasteiger partial charge in [0.25, 0.3) is 11.6 Å². The zero-order valence-electron chi connectivity index (χ0n) is 18.2. The number of nitriles is 1. The number of methoxy groups -OCH3 is 1. The van der Waals surface area contributed by atoms with Gasteiger partial charge in [0.2, 0.25) is 0 Å². The lowest BCUT2D eigenvalue weighted by molar-refractivity contribution is -0.384. The third-order valence-corrected chi connectivity index (χ3v) is 5.38. The molecule has 0 fully saturated rings. The number of non-ortho nitro benzene ring substituents is 1. The Morgan fingerprint density at radius 1 is 1.15 bits per heavy atom. The van der Waals surface area contributed by atoms with Gasteiger partial charge in [-0.05, 0) is 63.0 Å². The van der Waals surface area contributed by atoms with Gasteiger partial charge < -0.3 is 14.8 Å². The fourth-order valence-electron chi connectivity index (χ4n) is 2.98. The number of nitro benzene ring substituents is 1. The van der Waals surface area contributed by atoms with Crippen LogP contribution in [-0.2, 0) is 17.9 Å². The molecule has 9 heteroatoms. The van der Waals surface area contributed by atoms with Gasteiger partial charge in [0, 0.05) is 18.7 Å². The predicted molar refractivity (Wildman–Crippen MR) is 130 cm³/mol. The van der Waals surface area contributed by atoms with Crippen molar-refractivity contribution < 1.29 is 19.2 Å². The number of rotatable bonds is 9. The second kappa shape index (κ2) is 11.6. The molecule has 1 N–H and O–H groups in total. The van der Waals surface area contributed by atoms with Gasteiger partial charge in [0.1, 0.15) is 29.7 Å². The summed E-state index contributed by atoms with van der Waals surface area (Å²) in [7, 11) is 1.58. The molecule has 3 aromatic carbocycles. The van der Waals surface area contributed by atoms with Crippen LogP contribution in [0.25, 0.3) is 6.08 Å². The van der Waals surface area contributed by atoms with E-state index >= 15 is 0 Å². The molecule has 0 aliphatic heterocycles. The number of carbonyl (C=O) groups excluding carboxylic acids is 1. The van der Waals surface area contributed by atoms with Gasteiger partial charge in [-0.15, -0.1) is 0 Å². The van der Waals surface area contributed by atoms with E-state index in [4.69, 9.17) is 9.47 Å². The van der Waals surface area contributed by atoms with Gasteiger partial charge in [-0.25, -0.2) is 0 Å². The largest absolute Gasteiger partial charge is 0.497 e. The maximum absolute atomic E-state index is 12.5. The van der Waals surface area contributed by atoms with Crippen molar-refractivity contribution >= 4 is 33.6 Å². The zero-order chi connectivity index (χ0) is 24.5. The van der Waals surface area contributed by atoms with Gasteiger partial charge in [0.05, 0.1) is 16.5 Å². The Kier molecular flexibility index (Phi) is 8.37. The molecule has 0 aromatic heterocycles. The van der Waals surface area contributed by atoms with E-state index in [1.165, 1.54) is 18.2 Å². The van der Waals surface area contributed by atoms with E-state index < -0.39 is 10.8 Å². The number of hydrogen-bond donors (Lipinski definition) is 1. The lowest BCUT2D eigenvalue weighted by Crippen LogP contribution is -2.23. The maximum Gasteiger partial charge on any atom is 0.269 e. The molecule has 8 nitrogen and oxygen atoms in total. The quantitative estimate of drug-likeness (QED) is 0.180. The number of nitrogens with one attached hydrogen (secondary N) is 1. The molecule has 3 aromatic rings. The third-order valence-electron chi connectivity index (χ3n) is 4.76. The normalized spacial score (nSPS) is 10.8. The fraction of sp³-hybridized carbons (Fsp3) is 0.120. The Bertz CT molecular complexity index is 1270. The summed E-state index contributed by atoms with van der Waals surface area (Å²) in [6, 6.07) is 20.5. The molecule has 0 aliphatic carbocycles. The lowest BCUT2D eigenvalue weighted by Gasteiger charge is -2.09. The minimum Gasteiger partial charge on any atom is -0.497 e. The van der Waals surface area contributed by atoms with E-state index in [0.717, 1.165) is 11.3 Å². The van der Waals surface area contributed by atoms with Gasteiger partial charge in [-0.2, -0.15) is 5.26 Å². The van der Waals surface area contributed by atoms with Gasteiger partial charge in [-0.1, -0.05) is 30.3 Å². The van der Waals surface area contributed by atoms with Crippen LogP contribution in [0.1, 0.15) is 16.7 Å². The van der Waals surface area contributed by atoms with Crippen LogP contribution >= 0.6 is 15.9 Å². The summed E-state index contributed by atoms with van der Waals surface area (Å²) < 4.78 is 11.5. The molecule has 0 bridgehead atoms. The number of amides is 1. The summed E-state index contributed by atoms with van der Waals surface area (Å²) in [5, 5.41) is 23.1. The smallest absolute Gasteiger partial charge is 0.269 e. The number of hydrogen-bond acceptors (Lipinski definition) is 6. The topological polar surface area (TPSA) is 114 Å². The molecule has 0 heterocycles. The first-order valence-corrected chi connectivity index (χ1v) is 10.9. The van der Waals surface area contributed by atoms with Crippen LogP contribution in [-0.4, -0.2) is 17.9 Å². The van der Waals surface area contributed by atoms with Crippen LogP contribution in [0.5, 0.6) is 11.5 Å². The van der Waals surface area contributed by atoms with E-state index in [2.05, 4.69) is 21.2 Å². The number of nitrogens with zero attached hydrogens (tertiary/aromatic N) is 2. The standard InChI is InChI=1S/C25H20BrN3O5/c1-33-22-8-5-17(6-9-22)15-28-25(30)20(14-27)11-18-7-10-24(23(26)13-18)34-16-19-3-2-4-21(12-19)29(31)32/h2-13H,15-16H2,1H3,(H,28,30)/b20-11-. The first-order valence-electron chi connectivity index (χ1n) is 10.1. The Labute approximate surface area is 204 Å². The summed E-state index contributed by atoms with van der Waals surface area (Å²) in [4.78, 5) is 22.9. The van der Waals surface area contributed by atoms with Crippen molar-refractivity contribution in [3.63, 3.8) is 0 Å². The predicted octanol–water partition coefficient (Wildman–Crippen LogP) is 5.17. The Morgan fingerprint density at radius 3 is 2.56 bits per heavy atom. The molecule has 0 spiro atoms. The number of benzene rings is 3. The minimum atomic E-state index is -0.486. The Hall–Kier alpha value is -4.16. The van der Waals surface area contributed by atoms with Crippen molar-refractivity contribution in [2.75, 3.05) is 7.11 Å². The van der Waals surface area contributed by atoms with Gasteiger partial charge in [-0.3, -0.25) is 14.9 Å². The van der Waals surface area contributed by atoms with Gasteiger partial charge in [0.15, 0.2) is 0 Å². The first-order chi connectivity index (χ1) is 16.4. The second-order valence-electron chi connectivity index (χ2n) is 7.11. The molecule has 0 unspecified atom stereocenters. The molecular weight excluding hydrogens is 502 g/mol. The molecule has 0 saturated carbocycles. The van der Waals surface area contributed by atoms with E-state index in [9.17, 15) is 20.2 Å². The molecule has 3 rings (SSSR count). The number of halogens is 1. The average molecular weight is 522 g/mol. The SMILES string of the molecule is COc1ccc(CNC(=O)/C(C#N)=C\c2ccc(OCc3cccc([N+](=O)[O-])c3)c(Br)c2)cc1. The number of ether oxygens (including phenoxy) is 2. The molecule has 0 aliphatic rings. The van der Waals surface area contributed by atoms with E-state index in [1.54, 1.807) is 49.6 Å². The molecule has 34 heavy (non-hydrogen) atoms. The zero-order valence-corrected chi connectivity index (χ0v) is 19.7. The van der Waals surface area contributed by atoms with Crippen molar-refractivity contribution in [3.8, 4) is 17.6 Å². The molecule has 0 atom stereocenters. The Balaban J connectivity index is 1.64. The van der Waals surface area contributed by atoms with Crippen LogP contribution in [0.15, 0.2) is 76.8 Å². The number of carbonyl (C=O) groups is 1. The van der Waals surface area contributed by atoms with Crippen LogP contribution in [0.4, 0.5) is 5.69 Å². The van der Waals surface area contributed by atoms with E-state index in [-0.39, 0.29) is 24.4 Å². The van der Waals surface area contributed by atoms with Gasteiger partial charge >= 0.3 is 0 Å². The lowest BCUT2D eigenvalue weighted by atomic mass is 10.1. The molecular formula is C25H20BrN3O5. The molecule has 172 valence electrons. The van der Waals surface area contributed by atoms with E-state index in [1.807, 2.05) is 18.2 Å². The monoisotopic (exact) mass is 521 g/mol. The highest BCUT2D eigenvalue weighted by Gasteiger charge is 2.11. The molecule has 0 saturated heterocycles. The average Bonchev–Trinajstić information content (AvgIpc) is 2.85. The summed E-state index contributed by atoms with van der Waals surface area (Å²) >= 11 is 3.42. The highest BCUT2D eigenvalue weighted by Crippen LogP contribution is 2.28. The fourth-order valence-corrected chi connectivity index (χ4v) is 3.49. The highest BCUT2D eigenvalue weighted by atomic mass is 79.9. The van der Waals surface area contributed by atoms with Crippen molar-refractivity contribution in [1.29, 1.82) is 5.26 Å². The maximum atomic E-state index is 12.5. The van der Waals surface area contributed by atoms with E-state index in [0.29, 0.717) is 21.3 Å². The van der Waals surface area contributed by atoms with Crippen LogP contribution < -0.4 is 14.8 Å². The second-order valence-corrected chi connectivity index (χ2v) is 7.96. The first kappa shape index (κ1) is 24.5. The molecule has 0 radical (unpaired) electrons. The Morgan fingerprint density at radius 2 is 1.91 bits per heavy atom. The third kappa shape index (κ3) is 6.67. The molecule has 1 amide bonds. The minimum absolute atomic E-state index is 0.00468. The van der Waals surface area contributed by atoms with Crippen molar-refractivity contribution in [2.24, 2.45) is 0 Å². The summed E-state index contributed by atoms with van der Waals surface area (Å²) in [5.74, 6) is 0.752. The van der Waals surface area contributed by atoms with Crippen LogP contribution in [0.2, 0.25) is 0 Å². The number of nitro groups is 1. The van der Waals surface area contributed by atoms with Crippen molar-refractivity contribution in [1.82, 2.24) is 5.32 Å². The highest BCUT2D eigenvalue weighted by molar-refractivity contribution is 9.10. The van der Waals surface area contributed by atoms with Crippen molar-refractivity contribution in [2.45, 2.75) is 13.2 Å². The summed E-state index contributed by atoms with van der Waals surface area (Å²) in [6.45, 7) is 0.419. The summed E-state index contributed by atoms with van der Waals surface area (Å²) in [5.41, 5.74) is 2.12. The van der Waals surface area contributed by atoms with Crippen molar-refractivity contribution in [3.05, 3.63) is 104 Å². The van der Waals surface area contributed by atoms with Crippen LogP contribution in [0.3, 0.4) is 0 Å².